The van der Waals surface area contributed by atoms with Crippen LogP contribution in [0.5, 0.6) is 0 Å². The summed E-state index contributed by atoms with van der Waals surface area (Å²) in [4.78, 5) is 13.2. The normalized spacial score (nSPS) is 42.8. The fraction of sp³-hybridized carbons (Fsp3) is 0.935. The molecule has 6 aliphatic rings. The Hall–Kier alpha value is -0.830. The molecule has 5 fully saturated rings. The van der Waals surface area contributed by atoms with E-state index < -0.39 is 0 Å². The summed E-state index contributed by atoms with van der Waals surface area (Å²) < 4.78 is 13.4. The Morgan fingerprint density at radius 2 is 1.37 bits per heavy atom. The highest BCUT2D eigenvalue weighted by Gasteiger charge is 2.77. The lowest BCUT2D eigenvalue weighted by Gasteiger charge is -2.69. The molecule has 3 unspecified atom stereocenters. The highest BCUT2D eigenvalue weighted by Crippen LogP contribution is 2.78. The Kier molecular flexibility index (Phi) is 11.0. The van der Waals surface area contributed by atoms with Crippen LogP contribution >= 0.6 is 0 Å². The molecule has 1 saturated heterocycles. The van der Waals surface area contributed by atoms with E-state index in [-0.39, 0.29) is 33.7 Å². The first-order valence-electron chi connectivity index (χ1n) is 21.7. The van der Waals surface area contributed by atoms with Crippen molar-refractivity contribution in [2.24, 2.45) is 50.2 Å². The van der Waals surface area contributed by atoms with Gasteiger partial charge >= 0.3 is 5.97 Å². The van der Waals surface area contributed by atoms with Gasteiger partial charge in [0.05, 0.1) is 12.2 Å². The van der Waals surface area contributed by atoms with Gasteiger partial charge in [-0.2, -0.15) is 0 Å². The minimum atomic E-state index is -0.0158. The van der Waals surface area contributed by atoms with Crippen LogP contribution in [-0.2, 0) is 14.3 Å². The van der Waals surface area contributed by atoms with Gasteiger partial charge in [0.25, 0.3) is 0 Å². The molecule has 10 atom stereocenters. The summed E-state index contributed by atoms with van der Waals surface area (Å²) in [6, 6.07) is 0. The van der Waals surface area contributed by atoms with Crippen molar-refractivity contribution in [3.63, 3.8) is 0 Å². The third-order valence-corrected chi connectivity index (χ3v) is 16.7. The predicted octanol–water partition coefficient (Wildman–Crippen LogP) is 13.2. The van der Waals surface area contributed by atoms with Crippen molar-refractivity contribution < 1.29 is 14.3 Å². The maximum absolute atomic E-state index is 13.2. The molecular formula is C46H78O3. The Morgan fingerprint density at radius 3 is 2.00 bits per heavy atom. The van der Waals surface area contributed by atoms with Crippen LogP contribution in [-0.4, -0.2) is 24.3 Å². The van der Waals surface area contributed by atoms with Crippen LogP contribution in [0.1, 0.15) is 204 Å². The summed E-state index contributed by atoms with van der Waals surface area (Å²) in [6.45, 7) is 22.7. The minimum Gasteiger partial charge on any atom is -0.462 e. The molecule has 3 nitrogen and oxygen atoms in total. The second-order valence-electron chi connectivity index (χ2n) is 21.0. The Labute approximate surface area is 303 Å². The van der Waals surface area contributed by atoms with Crippen molar-refractivity contribution in [1.29, 1.82) is 0 Å². The number of carbonyl (C=O) groups excluding carboxylic acids is 1. The Balaban J connectivity index is 1.01. The largest absolute Gasteiger partial charge is 0.462 e. The van der Waals surface area contributed by atoms with E-state index >= 15 is 0 Å². The molecule has 0 aromatic heterocycles. The highest BCUT2D eigenvalue weighted by molar-refractivity contribution is 5.69. The molecule has 0 N–H and O–H groups in total. The molecule has 0 aromatic carbocycles. The van der Waals surface area contributed by atoms with Gasteiger partial charge in [-0.05, 0) is 91.3 Å². The summed E-state index contributed by atoms with van der Waals surface area (Å²) in [6.07, 6.45) is 31.4. The van der Waals surface area contributed by atoms with Crippen molar-refractivity contribution in [1.82, 2.24) is 0 Å². The van der Waals surface area contributed by atoms with E-state index in [1.807, 2.05) is 0 Å². The van der Waals surface area contributed by atoms with E-state index in [1.54, 1.807) is 5.57 Å². The van der Waals surface area contributed by atoms with Gasteiger partial charge in [0.2, 0.25) is 0 Å². The smallest absolute Gasteiger partial charge is 0.306 e. The van der Waals surface area contributed by atoms with Crippen molar-refractivity contribution in [2.45, 2.75) is 222 Å². The van der Waals surface area contributed by atoms with Crippen LogP contribution in [0.2, 0.25) is 0 Å². The molecule has 1 heterocycles. The van der Waals surface area contributed by atoms with Crippen LogP contribution in [0.25, 0.3) is 0 Å². The van der Waals surface area contributed by atoms with Gasteiger partial charge in [0.1, 0.15) is 6.10 Å². The predicted molar refractivity (Wildman–Crippen MR) is 204 cm³/mol. The lowest BCUT2D eigenvalue weighted by atomic mass is 9.34. The number of ether oxygens (including phenoxy) is 2. The number of hydrogen-bond donors (Lipinski definition) is 0. The topological polar surface area (TPSA) is 38.8 Å². The van der Waals surface area contributed by atoms with Crippen LogP contribution < -0.4 is 0 Å². The molecule has 6 rings (SSSR count). The molecule has 280 valence electrons. The summed E-state index contributed by atoms with van der Waals surface area (Å²) >= 11 is 0. The van der Waals surface area contributed by atoms with Crippen molar-refractivity contribution >= 4 is 5.97 Å². The van der Waals surface area contributed by atoms with Crippen molar-refractivity contribution in [2.75, 3.05) is 0 Å². The maximum Gasteiger partial charge on any atom is 0.306 e. The monoisotopic (exact) mass is 679 g/mol. The molecule has 1 aliphatic heterocycles. The number of hydrogen-bond acceptors (Lipinski definition) is 3. The second-order valence-corrected chi connectivity index (χ2v) is 21.0. The van der Waals surface area contributed by atoms with E-state index in [0.29, 0.717) is 47.2 Å². The highest BCUT2D eigenvalue weighted by atomic mass is 16.6. The Bertz CT molecular complexity index is 1200. The first kappa shape index (κ1) is 37.9. The summed E-state index contributed by atoms with van der Waals surface area (Å²) in [5, 5.41) is 0. The van der Waals surface area contributed by atoms with E-state index in [2.05, 4.69) is 68.4 Å². The molecule has 3 heteroatoms. The van der Waals surface area contributed by atoms with E-state index in [0.717, 1.165) is 25.7 Å². The number of esters is 1. The number of unbranched alkanes of at least 4 members (excludes halogenated alkanes) is 12. The Morgan fingerprint density at radius 1 is 0.755 bits per heavy atom. The number of allylic oxidation sites excluding steroid dienone is 1. The van der Waals surface area contributed by atoms with Crippen LogP contribution in [0.4, 0.5) is 0 Å². The summed E-state index contributed by atoms with van der Waals surface area (Å²) in [5.41, 5.74) is 3.18. The van der Waals surface area contributed by atoms with Crippen molar-refractivity contribution in [3.8, 4) is 0 Å². The van der Waals surface area contributed by atoms with E-state index in [4.69, 9.17) is 9.47 Å². The third kappa shape index (κ3) is 6.89. The zero-order valence-electron chi connectivity index (χ0n) is 33.8. The average Bonchev–Trinajstić information content (AvgIpc) is 3.83. The van der Waals surface area contributed by atoms with Gasteiger partial charge in [-0.25, -0.2) is 0 Å². The minimum absolute atomic E-state index is 0.0158. The van der Waals surface area contributed by atoms with Gasteiger partial charge in [0, 0.05) is 23.2 Å². The molecule has 0 aromatic rings. The number of rotatable bonds is 15. The first-order chi connectivity index (χ1) is 23.1. The van der Waals surface area contributed by atoms with Gasteiger partial charge in [-0.3, -0.25) is 4.79 Å². The number of fused-ring (bicyclic) bond motifs is 10. The molecule has 49 heavy (non-hydrogen) atoms. The first-order valence-corrected chi connectivity index (χ1v) is 21.7. The molecule has 0 bridgehead atoms. The lowest BCUT2D eigenvalue weighted by Crippen LogP contribution is -2.65. The number of epoxide rings is 1. The van der Waals surface area contributed by atoms with Crippen LogP contribution in [0.15, 0.2) is 11.6 Å². The maximum atomic E-state index is 13.2. The van der Waals surface area contributed by atoms with Crippen molar-refractivity contribution in [3.05, 3.63) is 11.6 Å². The van der Waals surface area contributed by atoms with Gasteiger partial charge in [0.15, 0.2) is 0 Å². The quantitative estimate of drug-likeness (QED) is 0.0749. The van der Waals surface area contributed by atoms with E-state index in [9.17, 15) is 4.79 Å². The van der Waals surface area contributed by atoms with E-state index in [1.165, 1.54) is 109 Å². The summed E-state index contributed by atoms with van der Waals surface area (Å²) in [5.74, 6) is 1.88. The summed E-state index contributed by atoms with van der Waals surface area (Å²) in [7, 11) is 0. The van der Waals surface area contributed by atoms with Gasteiger partial charge in [-0.1, -0.05) is 151 Å². The van der Waals surface area contributed by atoms with Crippen LogP contribution in [0.3, 0.4) is 0 Å². The molecular weight excluding hydrogens is 601 g/mol. The lowest BCUT2D eigenvalue weighted by molar-refractivity contribution is -0.196. The molecule has 0 radical (unpaired) electrons. The van der Waals surface area contributed by atoms with Crippen LogP contribution in [0, 0.1) is 50.2 Å². The fourth-order valence-corrected chi connectivity index (χ4v) is 13.9. The zero-order valence-corrected chi connectivity index (χ0v) is 33.8. The molecule has 0 spiro atoms. The SMILES string of the molecule is CCCCCCCCCCCCCCCC(=O)OC1CC[C@@]2(C)[C@H](CC[C@@]3(C)C4=CC[C@@]5(C)CCC(C)(C)C[C@@H]5[C@]4(C)C4OC4[C@@H]23)C1(C)C. The zero-order chi connectivity index (χ0) is 35.3. The third-order valence-electron chi connectivity index (χ3n) is 16.7. The van der Waals surface area contributed by atoms with Gasteiger partial charge in [-0.15, -0.1) is 0 Å². The number of carbonyl (C=O) groups is 1. The van der Waals surface area contributed by atoms with Gasteiger partial charge < -0.3 is 9.47 Å². The second kappa shape index (κ2) is 14.2. The molecule has 5 aliphatic carbocycles. The molecule has 0 amide bonds. The molecule has 4 saturated carbocycles. The fourth-order valence-electron chi connectivity index (χ4n) is 13.9. The standard InChI is InChI=1S/C46H78O3/c1-10-11-12-13-14-15-16-17-18-19-20-21-22-23-37(47)48-36-26-29-44(7)33(42(36,4)5)25-28-45(8)34-24-27-43(6)31-30-41(2,3)32-35(43)46(34,9)40-38(49-40)39(44)45/h24,33,35-36,38-40H,10-23,25-32H2,1-9H3/t33-,35+,36?,38?,39+,40?,43+,44+,45+,46-/m1/s1. The average molecular weight is 679 g/mol.